The van der Waals surface area contributed by atoms with E-state index < -0.39 is 0 Å². The highest BCUT2D eigenvalue weighted by Crippen LogP contribution is 2.28. The summed E-state index contributed by atoms with van der Waals surface area (Å²) in [6.45, 7) is 8.22. The van der Waals surface area contributed by atoms with Crippen molar-refractivity contribution in [3.8, 4) is 0 Å². The van der Waals surface area contributed by atoms with E-state index >= 15 is 0 Å². The topological polar surface area (TPSA) is 0 Å². The van der Waals surface area contributed by atoms with Crippen LogP contribution in [0.25, 0.3) is 0 Å². The zero-order valence-corrected chi connectivity index (χ0v) is 10.9. The van der Waals surface area contributed by atoms with Crippen LogP contribution in [0.5, 0.6) is 0 Å². The second-order valence-corrected chi connectivity index (χ2v) is 5.16. The van der Waals surface area contributed by atoms with Crippen molar-refractivity contribution < 1.29 is 0 Å². The maximum absolute atomic E-state index is 3.72. The minimum Gasteiger partial charge on any atom is -0.0980 e. The highest BCUT2D eigenvalue weighted by Gasteiger charge is 2.18. The minimum atomic E-state index is 0.170. The summed E-state index contributed by atoms with van der Waals surface area (Å²) in [5.41, 5.74) is 1.54. The molecule has 1 heteroatoms. The molecule has 0 aromatic heterocycles. The molecule has 0 aliphatic heterocycles. The Bertz CT molecular complexity index is 347. The SMILES string of the molecule is C=C/C(Br)=C/CC(C)(C)c1ccccc1. The maximum Gasteiger partial charge on any atom is 0.0129 e. The molecule has 1 aromatic carbocycles. The molecule has 0 aliphatic rings. The molecule has 15 heavy (non-hydrogen) atoms. The molecule has 0 saturated heterocycles. The molecule has 0 saturated carbocycles. The predicted molar refractivity (Wildman–Crippen MR) is 71.3 cm³/mol. The monoisotopic (exact) mass is 264 g/mol. The standard InChI is InChI=1S/C14H17Br/c1-4-13(15)10-11-14(2,3)12-8-6-5-7-9-12/h4-10H,1,11H2,2-3H3/b13-10-. The van der Waals surface area contributed by atoms with E-state index in [9.17, 15) is 0 Å². The molecule has 1 aromatic rings. The van der Waals surface area contributed by atoms with E-state index in [1.165, 1.54) is 5.56 Å². The van der Waals surface area contributed by atoms with E-state index in [1.54, 1.807) is 0 Å². The fourth-order valence-electron chi connectivity index (χ4n) is 1.44. The van der Waals surface area contributed by atoms with Gasteiger partial charge >= 0.3 is 0 Å². The first-order chi connectivity index (χ1) is 7.06. The lowest BCUT2D eigenvalue weighted by atomic mass is 9.81. The van der Waals surface area contributed by atoms with Gasteiger partial charge in [0.15, 0.2) is 0 Å². The molecule has 0 unspecified atom stereocenters. The Balaban J connectivity index is 2.80. The fourth-order valence-corrected chi connectivity index (χ4v) is 1.61. The third-order valence-corrected chi connectivity index (χ3v) is 3.21. The van der Waals surface area contributed by atoms with Crippen molar-refractivity contribution in [2.45, 2.75) is 25.7 Å². The normalized spacial score (nSPS) is 12.6. The molecule has 0 N–H and O–H groups in total. The van der Waals surface area contributed by atoms with Gasteiger partial charge in [-0.05, 0) is 17.4 Å². The van der Waals surface area contributed by atoms with Gasteiger partial charge in [-0.25, -0.2) is 0 Å². The summed E-state index contributed by atoms with van der Waals surface area (Å²) in [5, 5.41) is 0. The van der Waals surface area contributed by atoms with Crippen molar-refractivity contribution in [3.05, 3.63) is 59.1 Å². The zero-order chi connectivity index (χ0) is 11.3. The van der Waals surface area contributed by atoms with Gasteiger partial charge in [0.1, 0.15) is 0 Å². The molecular weight excluding hydrogens is 248 g/mol. The summed E-state index contributed by atoms with van der Waals surface area (Å²) in [5.74, 6) is 0. The van der Waals surface area contributed by atoms with Gasteiger partial charge in [-0.2, -0.15) is 0 Å². The van der Waals surface area contributed by atoms with Gasteiger partial charge in [0.05, 0.1) is 0 Å². The summed E-state index contributed by atoms with van der Waals surface area (Å²) in [6.07, 6.45) is 4.99. The maximum atomic E-state index is 3.72. The molecule has 80 valence electrons. The van der Waals surface area contributed by atoms with Gasteiger partial charge < -0.3 is 0 Å². The smallest absolute Gasteiger partial charge is 0.0129 e. The van der Waals surface area contributed by atoms with Crippen LogP contribution in [-0.4, -0.2) is 0 Å². The molecule has 0 spiro atoms. The lowest BCUT2D eigenvalue weighted by Gasteiger charge is -2.23. The summed E-state index contributed by atoms with van der Waals surface area (Å²) in [7, 11) is 0. The van der Waals surface area contributed by atoms with E-state index in [4.69, 9.17) is 0 Å². The van der Waals surface area contributed by atoms with Gasteiger partial charge in [-0.1, -0.05) is 78.8 Å². The largest absolute Gasteiger partial charge is 0.0980 e. The molecule has 0 nitrogen and oxygen atoms in total. The molecule has 0 heterocycles. The average molecular weight is 265 g/mol. The van der Waals surface area contributed by atoms with Gasteiger partial charge in [0, 0.05) is 4.48 Å². The zero-order valence-electron chi connectivity index (χ0n) is 9.33. The summed E-state index contributed by atoms with van der Waals surface area (Å²) < 4.78 is 1.06. The van der Waals surface area contributed by atoms with Gasteiger partial charge in [0.2, 0.25) is 0 Å². The van der Waals surface area contributed by atoms with Crippen LogP contribution in [0.4, 0.5) is 0 Å². The van der Waals surface area contributed by atoms with Crippen molar-refractivity contribution in [2.24, 2.45) is 0 Å². The van der Waals surface area contributed by atoms with Crippen molar-refractivity contribution in [2.75, 3.05) is 0 Å². The van der Waals surface area contributed by atoms with E-state index in [0.717, 1.165) is 10.9 Å². The van der Waals surface area contributed by atoms with Crippen molar-refractivity contribution in [1.82, 2.24) is 0 Å². The molecule has 0 amide bonds. The van der Waals surface area contributed by atoms with Crippen molar-refractivity contribution in [1.29, 1.82) is 0 Å². The van der Waals surface area contributed by atoms with Crippen molar-refractivity contribution >= 4 is 15.9 Å². The molecule has 0 bridgehead atoms. The van der Waals surface area contributed by atoms with Gasteiger partial charge in [0.25, 0.3) is 0 Å². The number of hydrogen-bond acceptors (Lipinski definition) is 0. The van der Waals surface area contributed by atoms with Crippen LogP contribution >= 0.6 is 15.9 Å². The van der Waals surface area contributed by atoms with Crippen LogP contribution in [0, 0.1) is 0 Å². The van der Waals surface area contributed by atoms with E-state index in [-0.39, 0.29) is 5.41 Å². The van der Waals surface area contributed by atoms with Crippen LogP contribution < -0.4 is 0 Å². The van der Waals surface area contributed by atoms with Crippen LogP contribution in [-0.2, 0) is 5.41 Å². The van der Waals surface area contributed by atoms with E-state index in [1.807, 2.05) is 6.08 Å². The lowest BCUT2D eigenvalue weighted by molar-refractivity contribution is 0.534. The second-order valence-electron chi connectivity index (χ2n) is 4.25. The van der Waals surface area contributed by atoms with E-state index in [0.29, 0.717) is 0 Å². The predicted octanol–water partition coefficient (Wildman–Crippen LogP) is 4.82. The molecule has 0 radical (unpaired) electrons. The first kappa shape index (κ1) is 12.3. The Morgan fingerprint density at radius 1 is 1.33 bits per heavy atom. The summed E-state index contributed by atoms with van der Waals surface area (Å²) in [4.78, 5) is 0. The molecule has 1 rings (SSSR count). The average Bonchev–Trinajstić information content (AvgIpc) is 2.27. The highest BCUT2D eigenvalue weighted by atomic mass is 79.9. The van der Waals surface area contributed by atoms with Crippen LogP contribution in [0.1, 0.15) is 25.8 Å². The minimum absolute atomic E-state index is 0.170. The Labute approximate surface area is 101 Å². The molecule has 0 aliphatic carbocycles. The number of halogens is 1. The van der Waals surface area contributed by atoms with Crippen LogP contribution in [0.2, 0.25) is 0 Å². The lowest BCUT2D eigenvalue weighted by Crippen LogP contribution is -2.15. The number of hydrogen-bond donors (Lipinski definition) is 0. The molecule has 0 fully saturated rings. The molecule has 0 atom stereocenters. The second kappa shape index (κ2) is 5.32. The Hall–Kier alpha value is -0.820. The summed E-state index contributed by atoms with van der Waals surface area (Å²) in [6, 6.07) is 10.6. The fraction of sp³-hybridized carbons (Fsp3) is 0.286. The highest BCUT2D eigenvalue weighted by molar-refractivity contribution is 9.11. The third kappa shape index (κ3) is 3.67. The van der Waals surface area contributed by atoms with Crippen LogP contribution in [0.15, 0.2) is 53.5 Å². The summed E-state index contributed by atoms with van der Waals surface area (Å²) >= 11 is 3.45. The Morgan fingerprint density at radius 2 is 1.93 bits per heavy atom. The van der Waals surface area contributed by atoms with Crippen molar-refractivity contribution in [3.63, 3.8) is 0 Å². The van der Waals surface area contributed by atoms with Gasteiger partial charge in [-0.3, -0.25) is 0 Å². The Morgan fingerprint density at radius 3 is 2.47 bits per heavy atom. The number of allylic oxidation sites excluding steroid dienone is 3. The molecular formula is C14H17Br. The third-order valence-electron chi connectivity index (χ3n) is 2.56. The quantitative estimate of drug-likeness (QED) is 0.685. The number of benzene rings is 1. The van der Waals surface area contributed by atoms with Crippen LogP contribution in [0.3, 0.4) is 0 Å². The number of rotatable bonds is 4. The Kier molecular flexibility index (Phi) is 4.34. The van der Waals surface area contributed by atoms with Gasteiger partial charge in [-0.15, -0.1) is 0 Å². The first-order valence-corrected chi connectivity index (χ1v) is 5.89. The van der Waals surface area contributed by atoms with E-state index in [2.05, 4.69) is 72.8 Å². The first-order valence-electron chi connectivity index (χ1n) is 5.10.